The van der Waals surface area contributed by atoms with Gasteiger partial charge in [0.2, 0.25) is 0 Å². The maximum Gasteiger partial charge on any atom is 0.331 e. The van der Waals surface area contributed by atoms with Crippen molar-refractivity contribution in [3.8, 4) is 0 Å². The fourth-order valence-corrected chi connectivity index (χ4v) is 1.02. The number of aliphatic hydroxyl groups is 2. The molecule has 1 atom stereocenters. The minimum absolute atomic E-state index is 0.0962. The lowest BCUT2D eigenvalue weighted by Crippen LogP contribution is -2.51. The lowest BCUT2D eigenvalue weighted by Gasteiger charge is -2.24. The van der Waals surface area contributed by atoms with Crippen LogP contribution in [0.3, 0.4) is 0 Å². The number of nitrogens with zero attached hydrogens (tertiary/aromatic N) is 1. The number of rotatable bonds is 8. The maximum atomic E-state index is 11.2. The van der Waals surface area contributed by atoms with Gasteiger partial charge < -0.3 is 20.3 Å². The first-order chi connectivity index (χ1) is 7.63. The van der Waals surface area contributed by atoms with Crippen LogP contribution in [0.5, 0.6) is 0 Å². The fraction of sp³-hybridized carbons (Fsp3) is 0.889. The number of urea groups is 1. The van der Waals surface area contributed by atoms with Crippen LogP contribution in [0.25, 0.3) is 0 Å². The van der Waals surface area contributed by atoms with Gasteiger partial charge in [-0.15, -0.1) is 0 Å². The summed E-state index contributed by atoms with van der Waals surface area (Å²) in [6.07, 6.45) is 0.0535. The highest BCUT2D eigenvalue weighted by Crippen LogP contribution is 1.93. The van der Waals surface area contributed by atoms with Crippen molar-refractivity contribution in [1.29, 1.82) is 0 Å². The van der Waals surface area contributed by atoms with E-state index in [0.717, 1.165) is 0 Å². The number of aliphatic hydroxyl groups excluding tert-OH is 2. The summed E-state index contributed by atoms with van der Waals surface area (Å²) in [6.45, 7) is 2.39. The largest absolute Gasteiger partial charge is 0.395 e. The molecule has 0 saturated carbocycles. The molecule has 0 aliphatic heterocycles. The van der Waals surface area contributed by atoms with E-state index in [1.807, 2.05) is 6.92 Å². The first kappa shape index (κ1) is 15.1. The SMILES string of the molecule is CCC(O)CN(CCO)NC(=O)NCOC. The van der Waals surface area contributed by atoms with Crippen LogP contribution in [-0.2, 0) is 4.74 Å². The molecule has 7 heteroatoms. The molecule has 0 aliphatic carbocycles. The van der Waals surface area contributed by atoms with Crippen molar-refractivity contribution in [2.45, 2.75) is 19.4 Å². The molecule has 0 heterocycles. The monoisotopic (exact) mass is 235 g/mol. The van der Waals surface area contributed by atoms with Gasteiger partial charge in [0, 0.05) is 20.2 Å². The van der Waals surface area contributed by atoms with Gasteiger partial charge in [-0.25, -0.2) is 9.80 Å². The number of carbonyl (C=O) groups excluding carboxylic acids is 1. The molecule has 0 aliphatic rings. The minimum atomic E-state index is -0.533. The molecule has 7 nitrogen and oxygen atoms in total. The Bertz CT molecular complexity index is 192. The van der Waals surface area contributed by atoms with Crippen LogP contribution < -0.4 is 10.7 Å². The number of nitrogens with one attached hydrogen (secondary N) is 2. The van der Waals surface area contributed by atoms with Crippen molar-refractivity contribution in [3.63, 3.8) is 0 Å². The number of carbonyl (C=O) groups is 1. The molecule has 0 aromatic rings. The van der Waals surface area contributed by atoms with Crippen LogP contribution in [0, 0.1) is 0 Å². The molecule has 0 fully saturated rings. The normalized spacial score (nSPS) is 12.6. The van der Waals surface area contributed by atoms with Gasteiger partial charge in [-0.3, -0.25) is 5.43 Å². The van der Waals surface area contributed by atoms with Crippen molar-refractivity contribution in [2.24, 2.45) is 0 Å². The number of methoxy groups -OCH3 is 1. The fourth-order valence-electron chi connectivity index (χ4n) is 1.02. The molecule has 0 rings (SSSR count). The van der Waals surface area contributed by atoms with Crippen LogP contribution >= 0.6 is 0 Å². The predicted molar refractivity (Wildman–Crippen MR) is 58.5 cm³/mol. The van der Waals surface area contributed by atoms with E-state index >= 15 is 0 Å². The number of amides is 2. The highest BCUT2D eigenvalue weighted by atomic mass is 16.5. The molecule has 96 valence electrons. The minimum Gasteiger partial charge on any atom is -0.395 e. The third kappa shape index (κ3) is 7.41. The van der Waals surface area contributed by atoms with E-state index < -0.39 is 12.1 Å². The van der Waals surface area contributed by atoms with Crippen molar-refractivity contribution in [2.75, 3.05) is 33.5 Å². The summed E-state index contributed by atoms with van der Waals surface area (Å²) < 4.78 is 4.67. The zero-order valence-electron chi connectivity index (χ0n) is 9.77. The molecule has 1 unspecified atom stereocenters. The molecule has 0 bridgehead atoms. The second-order valence-electron chi connectivity index (χ2n) is 3.28. The number of hydrogen-bond donors (Lipinski definition) is 4. The van der Waals surface area contributed by atoms with Gasteiger partial charge in [-0.05, 0) is 6.42 Å². The summed E-state index contributed by atoms with van der Waals surface area (Å²) >= 11 is 0. The van der Waals surface area contributed by atoms with Gasteiger partial charge in [0.05, 0.1) is 12.7 Å². The van der Waals surface area contributed by atoms with E-state index in [2.05, 4.69) is 15.5 Å². The van der Waals surface area contributed by atoms with Crippen LogP contribution in [-0.4, -0.2) is 60.9 Å². The highest BCUT2D eigenvalue weighted by molar-refractivity contribution is 5.73. The van der Waals surface area contributed by atoms with Gasteiger partial charge in [-0.2, -0.15) is 0 Å². The topological polar surface area (TPSA) is 94.1 Å². The Morgan fingerprint density at radius 2 is 2.25 bits per heavy atom. The van der Waals surface area contributed by atoms with E-state index in [4.69, 9.17) is 5.11 Å². The second-order valence-corrected chi connectivity index (χ2v) is 3.28. The summed E-state index contributed by atoms with van der Waals surface area (Å²) in [4.78, 5) is 11.2. The quantitative estimate of drug-likeness (QED) is 0.315. The van der Waals surface area contributed by atoms with Gasteiger partial charge in [0.15, 0.2) is 0 Å². The van der Waals surface area contributed by atoms with Crippen LogP contribution in [0.4, 0.5) is 4.79 Å². The number of hydrogen-bond acceptors (Lipinski definition) is 5. The molecule has 2 amide bonds. The molecular formula is C9H21N3O4. The Labute approximate surface area is 95.4 Å². The molecule has 0 spiro atoms. The van der Waals surface area contributed by atoms with Crippen molar-refractivity contribution in [3.05, 3.63) is 0 Å². The van der Waals surface area contributed by atoms with E-state index in [1.165, 1.54) is 12.1 Å². The number of ether oxygens (including phenoxy) is 1. The zero-order valence-corrected chi connectivity index (χ0v) is 9.77. The van der Waals surface area contributed by atoms with Crippen LogP contribution in [0.1, 0.15) is 13.3 Å². The van der Waals surface area contributed by atoms with Gasteiger partial charge >= 0.3 is 6.03 Å². The third-order valence-corrected chi connectivity index (χ3v) is 1.91. The average Bonchev–Trinajstić information content (AvgIpc) is 2.26. The van der Waals surface area contributed by atoms with Gasteiger partial charge in [0.25, 0.3) is 0 Å². The molecule has 4 N–H and O–H groups in total. The molecule has 0 saturated heterocycles. The first-order valence-corrected chi connectivity index (χ1v) is 5.21. The Hall–Kier alpha value is -0.890. The summed E-state index contributed by atoms with van der Waals surface area (Å²) in [5.41, 5.74) is 2.50. The Kier molecular flexibility index (Phi) is 8.82. The van der Waals surface area contributed by atoms with Crippen molar-refractivity contribution >= 4 is 6.03 Å². The first-order valence-electron chi connectivity index (χ1n) is 5.21. The number of hydrazine groups is 1. The van der Waals surface area contributed by atoms with Crippen molar-refractivity contribution in [1.82, 2.24) is 15.8 Å². The third-order valence-electron chi connectivity index (χ3n) is 1.91. The summed E-state index contributed by atoms with van der Waals surface area (Å²) in [5.74, 6) is 0. The van der Waals surface area contributed by atoms with Crippen molar-refractivity contribution < 1.29 is 19.7 Å². The molecule has 0 aromatic heterocycles. The molecule has 0 radical (unpaired) electrons. The predicted octanol–water partition coefficient (Wildman–Crippen LogP) is -1.13. The Morgan fingerprint density at radius 3 is 2.75 bits per heavy atom. The van der Waals surface area contributed by atoms with E-state index in [9.17, 15) is 9.90 Å². The Morgan fingerprint density at radius 1 is 1.56 bits per heavy atom. The highest BCUT2D eigenvalue weighted by Gasteiger charge is 2.12. The maximum absolute atomic E-state index is 11.2. The molecular weight excluding hydrogens is 214 g/mol. The summed E-state index contributed by atoms with van der Waals surface area (Å²) in [5, 5.41) is 22.1. The van der Waals surface area contributed by atoms with Crippen LogP contribution in [0.2, 0.25) is 0 Å². The Balaban J connectivity index is 3.95. The zero-order chi connectivity index (χ0) is 12.4. The smallest absolute Gasteiger partial charge is 0.331 e. The summed E-state index contributed by atoms with van der Waals surface area (Å²) in [6, 6.07) is -0.432. The summed E-state index contributed by atoms with van der Waals surface area (Å²) in [7, 11) is 1.46. The average molecular weight is 235 g/mol. The molecule has 0 aromatic carbocycles. The van der Waals surface area contributed by atoms with E-state index in [-0.39, 0.29) is 26.4 Å². The van der Waals surface area contributed by atoms with E-state index in [0.29, 0.717) is 6.42 Å². The molecule has 16 heavy (non-hydrogen) atoms. The van der Waals surface area contributed by atoms with E-state index in [1.54, 1.807) is 0 Å². The van der Waals surface area contributed by atoms with Crippen LogP contribution in [0.15, 0.2) is 0 Å². The second kappa shape index (κ2) is 9.34. The standard InChI is InChI=1S/C9H21N3O4/c1-3-8(14)6-12(4-5-13)11-9(15)10-7-16-2/h8,13-14H,3-7H2,1-2H3,(H2,10,11,15). The lowest BCUT2D eigenvalue weighted by molar-refractivity contribution is 0.0715. The van der Waals surface area contributed by atoms with Gasteiger partial charge in [-0.1, -0.05) is 6.92 Å². The van der Waals surface area contributed by atoms with Gasteiger partial charge in [0.1, 0.15) is 6.73 Å². The lowest BCUT2D eigenvalue weighted by atomic mass is 10.3.